The Kier molecular flexibility index (Phi) is 5.78. The fourth-order valence-corrected chi connectivity index (χ4v) is 2.50. The number of hydrogen-bond acceptors (Lipinski definition) is 1. The molecule has 16 heavy (non-hydrogen) atoms. The number of benzene rings is 1. The second-order valence-electron chi connectivity index (χ2n) is 4.09. The van der Waals surface area contributed by atoms with Crippen LogP contribution in [0.4, 0.5) is 0 Å². The Labute approximate surface area is 103 Å². The van der Waals surface area contributed by atoms with Crippen molar-refractivity contribution in [3.8, 4) is 0 Å². The van der Waals surface area contributed by atoms with E-state index in [1.165, 1.54) is 16.7 Å². The van der Waals surface area contributed by atoms with E-state index in [9.17, 15) is 0 Å². The molecule has 0 saturated carbocycles. The predicted octanol–water partition coefficient (Wildman–Crippen LogP) is 3.75. The quantitative estimate of drug-likeness (QED) is 0.680. The minimum Gasteiger partial charge on any atom is -0.412 e. The molecule has 3 radical (unpaired) electrons. The van der Waals surface area contributed by atoms with Crippen molar-refractivity contribution in [2.45, 2.75) is 52.6 Å². The third kappa shape index (κ3) is 2.95. The van der Waals surface area contributed by atoms with Crippen molar-refractivity contribution in [2.75, 3.05) is 0 Å². The summed E-state index contributed by atoms with van der Waals surface area (Å²) in [5.41, 5.74) is 4.25. The molecule has 0 fully saturated rings. The van der Waals surface area contributed by atoms with Crippen molar-refractivity contribution in [3.05, 3.63) is 34.9 Å². The van der Waals surface area contributed by atoms with Crippen LogP contribution >= 0.6 is 0 Å². The molecule has 0 bridgehead atoms. The van der Waals surface area contributed by atoms with Gasteiger partial charge in [0.15, 0.2) is 0 Å². The first kappa shape index (κ1) is 13.5. The normalized spacial score (nSPS) is 12.8. The molecule has 1 aromatic rings. The van der Waals surface area contributed by atoms with Gasteiger partial charge in [-0.25, -0.2) is 0 Å². The van der Waals surface area contributed by atoms with Crippen LogP contribution in [0.15, 0.2) is 18.2 Å². The summed E-state index contributed by atoms with van der Waals surface area (Å²) in [6.07, 6.45) is 4.55. The summed E-state index contributed by atoms with van der Waals surface area (Å²) in [6, 6.07) is 6.55. The fraction of sp³-hybridized carbons (Fsp3) is 0.571. The predicted molar refractivity (Wildman–Crippen MR) is 69.7 cm³/mol. The summed E-state index contributed by atoms with van der Waals surface area (Å²) in [5, 5.41) is 0. The summed E-state index contributed by atoms with van der Waals surface area (Å²) in [5.74, 6) is 0. The van der Waals surface area contributed by atoms with Gasteiger partial charge in [0.2, 0.25) is 10.5 Å². The van der Waals surface area contributed by atoms with Crippen LogP contribution in [-0.2, 0) is 17.3 Å². The second kappa shape index (κ2) is 6.87. The van der Waals surface area contributed by atoms with Crippen molar-refractivity contribution < 1.29 is 4.43 Å². The van der Waals surface area contributed by atoms with Gasteiger partial charge in [-0.2, -0.15) is 0 Å². The Morgan fingerprint density at radius 3 is 2.44 bits per heavy atom. The van der Waals surface area contributed by atoms with Crippen LogP contribution in [0.3, 0.4) is 0 Å². The molecule has 1 rings (SSSR count). The van der Waals surface area contributed by atoms with Gasteiger partial charge in [-0.1, -0.05) is 45.4 Å². The van der Waals surface area contributed by atoms with Gasteiger partial charge in [0.1, 0.15) is 0 Å². The molecule has 0 N–H and O–H groups in total. The van der Waals surface area contributed by atoms with Crippen LogP contribution in [0, 0.1) is 0 Å². The van der Waals surface area contributed by atoms with Crippen molar-refractivity contribution >= 4 is 10.5 Å². The van der Waals surface area contributed by atoms with Gasteiger partial charge in [0, 0.05) is 0 Å². The lowest BCUT2D eigenvalue weighted by molar-refractivity contribution is 0.212. The highest BCUT2D eigenvalue weighted by atomic mass is 28.2. The van der Waals surface area contributed by atoms with E-state index in [0.29, 0.717) is 0 Å². The van der Waals surface area contributed by atoms with E-state index in [1.807, 2.05) is 0 Å². The number of hydrogen-bond donors (Lipinski definition) is 0. The molecule has 1 unspecified atom stereocenters. The average molecular weight is 233 g/mol. The zero-order valence-corrected chi connectivity index (χ0v) is 11.5. The molecule has 0 aromatic heterocycles. The van der Waals surface area contributed by atoms with Gasteiger partial charge < -0.3 is 4.43 Å². The third-order valence-electron chi connectivity index (χ3n) is 3.08. The SMILES string of the molecule is CCCC(O[Si])c1cccc(CC)c1CC. The highest BCUT2D eigenvalue weighted by molar-refractivity contribution is 5.98. The molecule has 0 aliphatic rings. The van der Waals surface area contributed by atoms with E-state index < -0.39 is 0 Å². The largest absolute Gasteiger partial charge is 0.412 e. The molecule has 2 heteroatoms. The van der Waals surface area contributed by atoms with Crippen LogP contribution in [-0.4, -0.2) is 10.5 Å². The van der Waals surface area contributed by atoms with Gasteiger partial charge in [-0.05, 0) is 36.0 Å². The van der Waals surface area contributed by atoms with Crippen LogP contribution in [0.2, 0.25) is 0 Å². The highest BCUT2D eigenvalue weighted by Crippen LogP contribution is 2.28. The standard InChI is InChI=1S/C14H21OSi/c1-4-8-14(15-16)13-10-7-9-11(5-2)12(13)6-3/h7,9-10,14H,4-6,8H2,1-3H3. The molecule has 1 nitrogen and oxygen atoms in total. The van der Waals surface area contributed by atoms with E-state index in [4.69, 9.17) is 4.43 Å². The number of aryl methyl sites for hydroxylation is 1. The fourth-order valence-electron chi connectivity index (χ4n) is 2.26. The third-order valence-corrected chi connectivity index (χ3v) is 3.37. The minimum atomic E-state index is 0.183. The second-order valence-corrected chi connectivity index (χ2v) is 4.32. The van der Waals surface area contributed by atoms with Gasteiger partial charge in [0.25, 0.3) is 0 Å². The lowest BCUT2D eigenvalue weighted by Crippen LogP contribution is -2.07. The molecule has 0 aliphatic carbocycles. The van der Waals surface area contributed by atoms with Crippen molar-refractivity contribution in [1.29, 1.82) is 0 Å². The molecule has 87 valence electrons. The van der Waals surface area contributed by atoms with E-state index in [-0.39, 0.29) is 6.10 Å². The Morgan fingerprint density at radius 2 is 1.94 bits per heavy atom. The van der Waals surface area contributed by atoms with Crippen LogP contribution < -0.4 is 0 Å². The van der Waals surface area contributed by atoms with E-state index in [1.54, 1.807) is 0 Å². The lowest BCUT2D eigenvalue weighted by Gasteiger charge is -2.20. The summed E-state index contributed by atoms with van der Waals surface area (Å²) in [7, 11) is 3.21. The first-order chi connectivity index (χ1) is 7.78. The maximum atomic E-state index is 5.42. The Morgan fingerprint density at radius 1 is 1.19 bits per heavy atom. The summed E-state index contributed by atoms with van der Waals surface area (Å²) >= 11 is 0. The van der Waals surface area contributed by atoms with Crippen molar-refractivity contribution in [2.24, 2.45) is 0 Å². The zero-order valence-electron chi connectivity index (χ0n) is 10.5. The highest BCUT2D eigenvalue weighted by Gasteiger charge is 2.14. The van der Waals surface area contributed by atoms with Gasteiger partial charge in [-0.3, -0.25) is 0 Å². The molecular formula is C14H21OSi. The molecule has 1 atom stereocenters. The van der Waals surface area contributed by atoms with Gasteiger partial charge in [-0.15, -0.1) is 0 Å². The smallest absolute Gasteiger partial charge is 0.247 e. The first-order valence-electron chi connectivity index (χ1n) is 6.21. The van der Waals surface area contributed by atoms with E-state index in [2.05, 4.69) is 49.5 Å². The van der Waals surface area contributed by atoms with E-state index >= 15 is 0 Å². The molecule has 0 heterocycles. The zero-order chi connectivity index (χ0) is 12.0. The van der Waals surface area contributed by atoms with Crippen molar-refractivity contribution in [3.63, 3.8) is 0 Å². The summed E-state index contributed by atoms with van der Waals surface area (Å²) in [6.45, 7) is 6.61. The first-order valence-corrected chi connectivity index (χ1v) is 6.62. The Bertz CT molecular complexity index is 323. The topological polar surface area (TPSA) is 9.23 Å². The molecule has 0 saturated heterocycles. The Balaban J connectivity index is 3.09. The maximum Gasteiger partial charge on any atom is 0.247 e. The minimum absolute atomic E-state index is 0.183. The van der Waals surface area contributed by atoms with Crippen molar-refractivity contribution in [1.82, 2.24) is 0 Å². The van der Waals surface area contributed by atoms with Crippen LogP contribution in [0.1, 0.15) is 56.4 Å². The summed E-state index contributed by atoms with van der Waals surface area (Å²) < 4.78 is 5.42. The van der Waals surface area contributed by atoms with Gasteiger partial charge >= 0.3 is 0 Å². The van der Waals surface area contributed by atoms with Crippen LogP contribution in [0.5, 0.6) is 0 Å². The monoisotopic (exact) mass is 233 g/mol. The summed E-state index contributed by atoms with van der Waals surface area (Å²) in [4.78, 5) is 0. The molecule has 0 amide bonds. The van der Waals surface area contributed by atoms with Gasteiger partial charge in [0.05, 0.1) is 6.10 Å². The maximum absolute atomic E-state index is 5.42. The number of rotatable bonds is 6. The average Bonchev–Trinajstić information content (AvgIpc) is 2.34. The molecule has 1 aromatic carbocycles. The molecule has 0 aliphatic heterocycles. The molecular weight excluding hydrogens is 212 g/mol. The van der Waals surface area contributed by atoms with Crippen LogP contribution in [0.25, 0.3) is 0 Å². The lowest BCUT2D eigenvalue weighted by atomic mass is 9.92. The Hall–Kier alpha value is -0.603. The molecule has 0 spiro atoms. The van der Waals surface area contributed by atoms with E-state index in [0.717, 1.165) is 25.7 Å².